The van der Waals surface area contributed by atoms with Gasteiger partial charge in [0.2, 0.25) is 0 Å². The molecule has 2 saturated heterocycles. The van der Waals surface area contributed by atoms with Crippen LogP contribution in [0.2, 0.25) is 0 Å². The summed E-state index contributed by atoms with van der Waals surface area (Å²) in [6.07, 6.45) is -3.63. The summed E-state index contributed by atoms with van der Waals surface area (Å²) < 4.78 is 55.1. The van der Waals surface area contributed by atoms with E-state index in [9.17, 15) is 22.8 Å². The lowest BCUT2D eigenvalue weighted by molar-refractivity contribution is -0.271. The van der Waals surface area contributed by atoms with Gasteiger partial charge in [-0.2, -0.15) is 13.2 Å². The number of methoxy groups -OCH3 is 1. The molecule has 2 unspecified atom stereocenters. The zero-order valence-corrected chi connectivity index (χ0v) is 24.8. The van der Waals surface area contributed by atoms with E-state index in [-0.39, 0.29) is 36.1 Å². The maximum absolute atomic E-state index is 14.8. The summed E-state index contributed by atoms with van der Waals surface area (Å²) in [5.74, 6) is -1.13. The van der Waals surface area contributed by atoms with E-state index in [1.165, 1.54) is 17.0 Å². The van der Waals surface area contributed by atoms with Crippen LogP contribution in [0.4, 0.5) is 18.0 Å². The largest absolute Gasteiger partial charge is 0.444 e. The first-order chi connectivity index (χ1) is 19.1. The Balaban J connectivity index is 1.61. The van der Waals surface area contributed by atoms with Gasteiger partial charge < -0.3 is 19.3 Å². The van der Waals surface area contributed by atoms with E-state index >= 15 is 0 Å². The number of hydrogen-bond acceptors (Lipinski definition) is 4. The van der Waals surface area contributed by atoms with Gasteiger partial charge in [-0.1, -0.05) is 59.7 Å². The fourth-order valence-electron chi connectivity index (χ4n) is 6.56. The van der Waals surface area contributed by atoms with Gasteiger partial charge in [0, 0.05) is 44.8 Å². The van der Waals surface area contributed by atoms with E-state index in [0.29, 0.717) is 43.5 Å². The molecule has 2 amide bonds. The number of amides is 2. The number of halogens is 3. The van der Waals surface area contributed by atoms with Crippen molar-refractivity contribution >= 4 is 12.0 Å². The van der Waals surface area contributed by atoms with Crippen LogP contribution in [-0.2, 0) is 19.9 Å². The molecular weight excluding hydrogens is 533 g/mol. The first-order valence-electron chi connectivity index (χ1n) is 14.1. The third-order valence-corrected chi connectivity index (χ3v) is 8.56. The second-order valence-electron chi connectivity index (χ2n) is 12.6. The highest BCUT2D eigenvalue weighted by Gasteiger charge is 2.64. The molecule has 9 heteroatoms. The zero-order chi connectivity index (χ0) is 30.2. The molecule has 2 aliphatic heterocycles. The second-order valence-corrected chi connectivity index (χ2v) is 12.6. The minimum atomic E-state index is -4.96. The van der Waals surface area contributed by atoms with Gasteiger partial charge in [0.25, 0.3) is 11.5 Å². The van der Waals surface area contributed by atoms with Crippen LogP contribution in [0.5, 0.6) is 0 Å². The SMILES string of the molecule is COC(C(=O)N1CCC2(CCN(C(=O)OC(C)(C)C)CC2c2ccccc2)CC1)(c1cc(C)cc(C)c1)C(F)(F)F. The first kappa shape index (κ1) is 30.9. The molecular formula is C32H41F3N2O4. The zero-order valence-electron chi connectivity index (χ0n) is 24.8. The fraction of sp³-hybridized carbons (Fsp3) is 0.562. The van der Waals surface area contributed by atoms with Crippen LogP contribution < -0.4 is 0 Å². The minimum Gasteiger partial charge on any atom is -0.444 e. The van der Waals surface area contributed by atoms with E-state index in [2.05, 4.69) is 0 Å². The van der Waals surface area contributed by atoms with E-state index in [0.717, 1.165) is 12.7 Å². The standard InChI is InChI=1S/C32H41F3N2O4/c1-22-18-23(2)20-25(19-22)31(40-6,32(33,34)35)27(38)36-15-12-30(13-16-36)14-17-37(28(39)41-29(3,4)5)21-26(30)24-10-8-7-9-11-24/h7-11,18-20,26H,12-17,21H2,1-6H3. The molecule has 6 nitrogen and oxygen atoms in total. The molecule has 0 bridgehead atoms. The van der Waals surface area contributed by atoms with Gasteiger partial charge in [-0.3, -0.25) is 4.79 Å². The van der Waals surface area contributed by atoms with Gasteiger partial charge in [0.05, 0.1) is 0 Å². The number of nitrogens with zero attached hydrogens (tertiary/aromatic N) is 2. The average molecular weight is 575 g/mol. The smallest absolute Gasteiger partial charge is 0.430 e. The quantitative estimate of drug-likeness (QED) is 0.406. The van der Waals surface area contributed by atoms with Gasteiger partial charge in [-0.25, -0.2) is 4.79 Å². The van der Waals surface area contributed by atoms with Crippen molar-refractivity contribution in [2.24, 2.45) is 5.41 Å². The molecule has 0 aromatic heterocycles. The maximum Gasteiger partial charge on any atom is 0.430 e. The van der Waals surface area contributed by atoms with Crippen molar-refractivity contribution in [3.8, 4) is 0 Å². The number of piperidine rings is 2. The van der Waals surface area contributed by atoms with Gasteiger partial charge in [0.1, 0.15) is 5.60 Å². The molecule has 0 radical (unpaired) electrons. The summed E-state index contributed by atoms with van der Waals surface area (Å²) in [5.41, 5.74) is -1.88. The molecule has 1 spiro atoms. The van der Waals surface area contributed by atoms with Crippen molar-refractivity contribution in [3.63, 3.8) is 0 Å². The number of benzene rings is 2. The van der Waals surface area contributed by atoms with Crippen molar-refractivity contribution in [1.82, 2.24) is 9.80 Å². The summed E-state index contributed by atoms with van der Waals surface area (Å²) in [6.45, 7) is 10.2. The number of carbonyl (C=O) groups excluding carboxylic acids is 2. The number of rotatable bonds is 4. The molecule has 2 heterocycles. The summed E-state index contributed by atoms with van der Waals surface area (Å²) in [4.78, 5) is 29.8. The van der Waals surface area contributed by atoms with E-state index in [1.807, 2.05) is 51.1 Å². The molecule has 224 valence electrons. The lowest BCUT2D eigenvalue weighted by atomic mass is 9.62. The molecule has 2 fully saturated rings. The normalized spacial score (nSPS) is 21.0. The van der Waals surface area contributed by atoms with Crippen LogP contribution in [0.15, 0.2) is 48.5 Å². The highest BCUT2D eigenvalue weighted by atomic mass is 19.4. The van der Waals surface area contributed by atoms with E-state index < -0.39 is 23.3 Å². The number of likely N-dealkylation sites (tertiary alicyclic amines) is 2. The molecule has 2 aliphatic rings. The van der Waals surface area contributed by atoms with Crippen LogP contribution >= 0.6 is 0 Å². The molecule has 2 aromatic rings. The van der Waals surface area contributed by atoms with Gasteiger partial charge in [-0.05, 0) is 64.9 Å². The third kappa shape index (κ3) is 6.10. The summed E-state index contributed by atoms with van der Waals surface area (Å²) >= 11 is 0. The molecule has 4 rings (SSSR count). The number of hydrogen-bond donors (Lipinski definition) is 0. The Morgan fingerprint density at radius 2 is 1.41 bits per heavy atom. The average Bonchev–Trinajstić information content (AvgIpc) is 2.88. The molecule has 0 saturated carbocycles. The Labute approximate surface area is 240 Å². The number of carbonyl (C=O) groups is 2. The Bertz CT molecular complexity index is 1230. The number of alkyl halides is 3. The van der Waals surface area contributed by atoms with E-state index in [4.69, 9.17) is 9.47 Å². The first-order valence-corrected chi connectivity index (χ1v) is 14.1. The van der Waals surface area contributed by atoms with Crippen LogP contribution in [0.1, 0.15) is 68.2 Å². The van der Waals surface area contributed by atoms with Crippen LogP contribution in [0.25, 0.3) is 0 Å². The van der Waals surface area contributed by atoms with Gasteiger partial charge in [-0.15, -0.1) is 0 Å². The Morgan fingerprint density at radius 1 is 0.878 bits per heavy atom. The van der Waals surface area contributed by atoms with Gasteiger partial charge >= 0.3 is 12.3 Å². The van der Waals surface area contributed by atoms with Crippen molar-refractivity contribution < 1.29 is 32.2 Å². The number of ether oxygens (including phenoxy) is 2. The lowest BCUT2D eigenvalue weighted by Gasteiger charge is -2.52. The Morgan fingerprint density at radius 3 is 1.90 bits per heavy atom. The van der Waals surface area contributed by atoms with Gasteiger partial charge in [0.15, 0.2) is 0 Å². The molecule has 0 N–H and O–H groups in total. The lowest BCUT2D eigenvalue weighted by Crippen LogP contribution is -2.60. The monoisotopic (exact) mass is 574 g/mol. The van der Waals surface area contributed by atoms with Crippen LogP contribution in [0, 0.1) is 19.3 Å². The Kier molecular flexibility index (Phi) is 8.52. The number of aryl methyl sites for hydroxylation is 2. The Hall–Kier alpha value is -3.07. The third-order valence-electron chi connectivity index (χ3n) is 8.56. The van der Waals surface area contributed by atoms with Crippen LogP contribution in [-0.4, -0.2) is 66.9 Å². The molecule has 0 aliphatic carbocycles. The molecule has 2 aromatic carbocycles. The summed E-state index contributed by atoms with van der Waals surface area (Å²) in [7, 11) is 0.951. The van der Waals surface area contributed by atoms with Crippen molar-refractivity contribution in [1.29, 1.82) is 0 Å². The maximum atomic E-state index is 14.8. The molecule has 2 atom stereocenters. The van der Waals surface area contributed by atoms with E-state index in [1.54, 1.807) is 24.8 Å². The van der Waals surface area contributed by atoms with Crippen molar-refractivity contribution in [2.75, 3.05) is 33.3 Å². The van der Waals surface area contributed by atoms with Crippen LogP contribution in [0.3, 0.4) is 0 Å². The fourth-order valence-corrected chi connectivity index (χ4v) is 6.56. The highest BCUT2D eigenvalue weighted by molar-refractivity contribution is 5.88. The topological polar surface area (TPSA) is 59.1 Å². The summed E-state index contributed by atoms with van der Waals surface area (Å²) in [6, 6.07) is 14.4. The molecule has 41 heavy (non-hydrogen) atoms. The minimum absolute atomic E-state index is 0.0450. The van der Waals surface area contributed by atoms with Crippen molar-refractivity contribution in [3.05, 3.63) is 70.8 Å². The second kappa shape index (κ2) is 11.3. The summed E-state index contributed by atoms with van der Waals surface area (Å²) in [5, 5.41) is 0. The highest BCUT2D eigenvalue weighted by Crippen LogP contribution is 2.51. The predicted octanol–water partition coefficient (Wildman–Crippen LogP) is 6.74. The predicted molar refractivity (Wildman–Crippen MR) is 151 cm³/mol. The van der Waals surface area contributed by atoms with Crippen molar-refractivity contribution in [2.45, 2.75) is 77.2 Å².